The Hall–Kier alpha value is -1.30. The molecule has 1 aliphatic heterocycles. The molecule has 5 fully saturated rings. The molecule has 1 heterocycles. The van der Waals surface area contributed by atoms with E-state index >= 15 is 0 Å². The zero-order valence-corrected chi connectivity index (χ0v) is 23.9. The monoisotopic (exact) mass is 568 g/mol. The van der Waals surface area contributed by atoms with Gasteiger partial charge in [-0.3, -0.25) is 4.79 Å². The Bertz CT molecular complexity index is 959. The molecular formula is C30H48O10. The van der Waals surface area contributed by atoms with Crippen molar-refractivity contribution >= 4 is 11.9 Å². The van der Waals surface area contributed by atoms with Crippen LogP contribution in [-0.4, -0.2) is 85.5 Å². The molecule has 0 spiro atoms. The highest BCUT2D eigenvalue weighted by molar-refractivity contribution is 5.73. The minimum Gasteiger partial charge on any atom is -0.481 e. The Morgan fingerprint density at radius 2 is 1.57 bits per heavy atom. The van der Waals surface area contributed by atoms with E-state index in [0.717, 1.165) is 32.1 Å². The first-order chi connectivity index (χ1) is 18.8. The summed E-state index contributed by atoms with van der Waals surface area (Å²) in [6.45, 7) is 6.95. The third-order valence-corrected chi connectivity index (χ3v) is 12.3. The van der Waals surface area contributed by atoms with Gasteiger partial charge in [-0.15, -0.1) is 0 Å². The van der Waals surface area contributed by atoms with Crippen LogP contribution in [0.1, 0.15) is 85.0 Å². The molecule has 10 heteroatoms. The maximum atomic E-state index is 11.6. The average molecular weight is 569 g/mol. The molecule has 40 heavy (non-hydrogen) atoms. The Kier molecular flexibility index (Phi) is 8.36. The van der Waals surface area contributed by atoms with E-state index in [4.69, 9.17) is 9.47 Å². The largest absolute Gasteiger partial charge is 0.481 e. The Morgan fingerprint density at radius 1 is 0.900 bits per heavy atom. The summed E-state index contributed by atoms with van der Waals surface area (Å²) < 4.78 is 11.4. The van der Waals surface area contributed by atoms with Crippen LogP contribution in [-0.2, 0) is 19.1 Å². The fourth-order valence-electron chi connectivity index (χ4n) is 10.2. The first-order valence-electron chi connectivity index (χ1n) is 15.3. The number of carboxylic acids is 2. The molecule has 0 radical (unpaired) electrons. The number of hydrogen-bond acceptors (Lipinski definition) is 8. The van der Waals surface area contributed by atoms with Crippen LogP contribution in [0.2, 0.25) is 0 Å². The van der Waals surface area contributed by atoms with Crippen molar-refractivity contribution in [3.63, 3.8) is 0 Å². The zero-order valence-electron chi connectivity index (χ0n) is 23.9. The van der Waals surface area contributed by atoms with Crippen LogP contribution >= 0.6 is 0 Å². The van der Waals surface area contributed by atoms with Crippen molar-refractivity contribution in [3.8, 4) is 0 Å². The molecule has 5 rings (SSSR count). The second kappa shape index (κ2) is 11.1. The van der Waals surface area contributed by atoms with Gasteiger partial charge in [0.25, 0.3) is 0 Å². The second-order valence-electron chi connectivity index (χ2n) is 14.2. The van der Waals surface area contributed by atoms with Crippen LogP contribution in [0.5, 0.6) is 0 Å². The molecule has 4 aliphatic carbocycles. The van der Waals surface area contributed by atoms with E-state index < -0.39 is 48.7 Å². The first-order valence-corrected chi connectivity index (χ1v) is 15.3. The topological polar surface area (TPSA) is 174 Å². The molecule has 0 bridgehead atoms. The van der Waals surface area contributed by atoms with Gasteiger partial charge in [-0.05, 0) is 104 Å². The van der Waals surface area contributed by atoms with Crippen molar-refractivity contribution < 1.29 is 49.7 Å². The summed E-state index contributed by atoms with van der Waals surface area (Å²) in [5.41, 5.74) is 0.146. The highest BCUT2D eigenvalue weighted by Gasteiger charge is 2.63. The smallest absolute Gasteiger partial charge is 0.335 e. The van der Waals surface area contributed by atoms with E-state index in [1.54, 1.807) is 0 Å². The zero-order chi connectivity index (χ0) is 29.1. The van der Waals surface area contributed by atoms with E-state index in [-0.39, 0.29) is 35.2 Å². The molecule has 228 valence electrons. The Morgan fingerprint density at radius 3 is 2.25 bits per heavy atom. The van der Waals surface area contributed by atoms with Gasteiger partial charge < -0.3 is 40.1 Å². The summed E-state index contributed by atoms with van der Waals surface area (Å²) in [4.78, 5) is 22.7. The van der Waals surface area contributed by atoms with Gasteiger partial charge in [0.05, 0.1) is 12.2 Å². The van der Waals surface area contributed by atoms with E-state index in [9.17, 15) is 40.2 Å². The molecule has 0 aromatic heterocycles. The summed E-state index contributed by atoms with van der Waals surface area (Å²) in [6, 6.07) is 0. The molecular weight excluding hydrogens is 520 g/mol. The Labute approximate surface area is 236 Å². The first kappa shape index (κ1) is 30.2. The van der Waals surface area contributed by atoms with Gasteiger partial charge in [0.2, 0.25) is 0 Å². The average Bonchev–Trinajstić information content (AvgIpc) is 3.25. The third kappa shape index (κ3) is 5.00. The van der Waals surface area contributed by atoms with E-state index in [0.29, 0.717) is 49.4 Å². The predicted molar refractivity (Wildman–Crippen MR) is 142 cm³/mol. The second-order valence-corrected chi connectivity index (χ2v) is 14.2. The summed E-state index contributed by atoms with van der Waals surface area (Å²) in [5.74, 6) is -0.107. The lowest BCUT2D eigenvalue weighted by atomic mass is 9.43. The van der Waals surface area contributed by atoms with Gasteiger partial charge in [0.1, 0.15) is 18.3 Å². The number of carboxylic acid groups (broad SMARTS) is 2. The van der Waals surface area contributed by atoms with Crippen molar-refractivity contribution in [2.45, 2.75) is 128 Å². The van der Waals surface area contributed by atoms with Gasteiger partial charge in [-0.1, -0.05) is 20.8 Å². The number of rotatable bonds is 7. The number of aliphatic hydroxyl groups is 4. The minimum atomic E-state index is -1.75. The van der Waals surface area contributed by atoms with Crippen LogP contribution in [0.25, 0.3) is 0 Å². The van der Waals surface area contributed by atoms with E-state index in [2.05, 4.69) is 20.8 Å². The highest BCUT2D eigenvalue weighted by atomic mass is 16.7. The SMILES string of the molecule is C[C@H](CCC(=O)O)[C@H]1CC[C@H]2[C@@H]3[C@@H](O)CC4C[C@@H](OC5O[C@H](C(=O)O)[C@@H](O)[C@H](O)[C@H]5O)CC[C@]4(C)[C@H]3CC[C@]12C. The summed E-state index contributed by atoms with van der Waals surface area (Å²) in [6.07, 6.45) is -0.687. The molecule has 5 aliphatic rings. The maximum absolute atomic E-state index is 11.6. The van der Waals surface area contributed by atoms with Crippen molar-refractivity contribution in [2.24, 2.45) is 46.3 Å². The van der Waals surface area contributed by atoms with Crippen LogP contribution in [0, 0.1) is 46.3 Å². The summed E-state index contributed by atoms with van der Waals surface area (Å²) >= 11 is 0. The Balaban J connectivity index is 1.27. The lowest BCUT2D eigenvalue weighted by Gasteiger charge is -2.62. The number of aliphatic carboxylic acids is 2. The maximum Gasteiger partial charge on any atom is 0.335 e. The van der Waals surface area contributed by atoms with Crippen molar-refractivity contribution in [2.75, 3.05) is 0 Å². The molecule has 10 nitrogen and oxygen atoms in total. The number of hydrogen-bond donors (Lipinski definition) is 6. The predicted octanol–water partition coefficient (Wildman–Crippen LogP) is 2.39. The van der Waals surface area contributed by atoms with Gasteiger partial charge in [0, 0.05) is 6.42 Å². The standard InChI is InChI=1S/C30H48O10/c1-14(4-7-21(32)33)17-5-6-18-22-19(9-11-30(17,18)3)29(2)10-8-16(12-15(29)13-20(22)31)39-28-25(36)23(34)24(35)26(40-28)27(37)38/h14-20,22-26,28,31,34-36H,4-13H2,1-3H3,(H,32,33)(H,37,38)/t14-,15?,16+,17-,18+,19+,20+,22+,23+,24+,25-,26+,28?,29+,30-/m1/s1. The lowest BCUT2D eigenvalue weighted by Crippen LogP contribution is -2.61. The molecule has 1 saturated heterocycles. The van der Waals surface area contributed by atoms with Gasteiger partial charge in [-0.25, -0.2) is 4.79 Å². The van der Waals surface area contributed by atoms with Crippen LogP contribution in [0.4, 0.5) is 0 Å². The number of carbonyl (C=O) groups is 2. The van der Waals surface area contributed by atoms with Crippen LogP contribution in [0.3, 0.4) is 0 Å². The van der Waals surface area contributed by atoms with Crippen LogP contribution < -0.4 is 0 Å². The highest BCUT2D eigenvalue weighted by Crippen LogP contribution is 2.68. The molecule has 0 amide bonds. The van der Waals surface area contributed by atoms with Crippen molar-refractivity contribution in [1.29, 1.82) is 0 Å². The third-order valence-electron chi connectivity index (χ3n) is 12.3. The molecule has 2 unspecified atom stereocenters. The summed E-state index contributed by atoms with van der Waals surface area (Å²) in [7, 11) is 0. The van der Waals surface area contributed by atoms with Crippen molar-refractivity contribution in [3.05, 3.63) is 0 Å². The normalized spacial score (nSPS) is 51.3. The molecule has 0 aromatic rings. The number of ether oxygens (including phenoxy) is 2. The fraction of sp³-hybridized carbons (Fsp3) is 0.933. The number of fused-ring (bicyclic) bond motifs is 5. The molecule has 4 saturated carbocycles. The summed E-state index contributed by atoms with van der Waals surface area (Å²) in [5, 5.41) is 60.8. The van der Waals surface area contributed by atoms with Gasteiger partial charge in [-0.2, -0.15) is 0 Å². The fourth-order valence-corrected chi connectivity index (χ4v) is 10.2. The van der Waals surface area contributed by atoms with Gasteiger partial charge >= 0.3 is 11.9 Å². The quantitative estimate of drug-likeness (QED) is 0.250. The lowest BCUT2D eigenvalue weighted by molar-refractivity contribution is -0.310. The van der Waals surface area contributed by atoms with Crippen LogP contribution in [0.15, 0.2) is 0 Å². The minimum absolute atomic E-state index is 0.0312. The van der Waals surface area contributed by atoms with E-state index in [1.165, 1.54) is 0 Å². The molecule has 15 atom stereocenters. The van der Waals surface area contributed by atoms with E-state index in [1.807, 2.05) is 0 Å². The number of aliphatic hydroxyl groups excluding tert-OH is 4. The molecule has 0 aromatic carbocycles. The van der Waals surface area contributed by atoms with Gasteiger partial charge in [0.15, 0.2) is 12.4 Å². The van der Waals surface area contributed by atoms with Crippen molar-refractivity contribution in [1.82, 2.24) is 0 Å². The molecule has 6 N–H and O–H groups in total.